The Morgan fingerprint density at radius 3 is 2.44 bits per heavy atom. The Morgan fingerprint density at radius 2 is 1.72 bits per heavy atom. The second-order valence-electron chi connectivity index (χ2n) is 7.82. The monoisotopic (exact) mass is 539 g/mol. The van der Waals surface area contributed by atoms with E-state index in [9.17, 15) is 9.18 Å². The number of halogens is 3. The molecule has 0 fully saturated rings. The van der Waals surface area contributed by atoms with Crippen molar-refractivity contribution in [2.24, 2.45) is 0 Å². The van der Waals surface area contributed by atoms with E-state index in [-0.39, 0.29) is 16.7 Å². The van der Waals surface area contributed by atoms with Crippen LogP contribution in [-0.4, -0.2) is 26.0 Å². The maximum atomic E-state index is 13.2. The summed E-state index contributed by atoms with van der Waals surface area (Å²) in [6, 6.07) is 17.6. The normalized spacial score (nSPS) is 11.0. The van der Waals surface area contributed by atoms with Crippen LogP contribution >= 0.6 is 35.4 Å². The number of fused-ring (bicyclic) bond motifs is 1. The van der Waals surface area contributed by atoms with Crippen LogP contribution in [0, 0.1) is 12.7 Å². The van der Waals surface area contributed by atoms with Gasteiger partial charge < -0.3 is 9.73 Å². The molecule has 180 valence electrons. The average molecular weight is 540 g/mol. The second kappa shape index (κ2) is 9.69. The van der Waals surface area contributed by atoms with Crippen LogP contribution < -0.4 is 10.6 Å². The van der Waals surface area contributed by atoms with Crippen molar-refractivity contribution >= 4 is 63.2 Å². The Labute approximate surface area is 219 Å². The molecule has 5 aromatic rings. The number of aromatic nitrogens is 3. The number of thiocarbonyl (C=S) groups is 1. The Balaban J connectivity index is 1.30. The summed E-state index contributed by atoms with van der Waals surface area (Å²) in [5.74, 6) is -0.376. The van der Waals surface area contributed by atoms with Gasteiger partial charge in [0.25, 0.3) is 5.91 Å². The van der Waals surface area contributed by atoms with Gasteiger partial charge in [-0.1, -0.05) is 23.2 Å². The molecule has 11 heteroatoms. The first kappa shape index (κ1) is 23.9. The number of anilines is 1. The standard InChI is InChI=1S/C25H16Cl2FN5O2S/c1-13-10-20-21(32-33(31-20)16-5-3-15(28)4-6-16)12-19(13)29-25(36)30-24(34)23-9-8-22(35-23)17-7-2-14(26)11-18(17)27/h2-12H,1H3,(H2,29,30,34,36). The second-order valence-corrected chi connectivity index (χ2v) is 9.07. The Morgan fingerprint density at radius 1 is 1.00 bits per heavy atom. The molecule has 3 aromatic carbocycles. The highest BCUT2D eigenvalue weighted by atomic mass is 35.5. The zero-order valence-electron chi connectivity index (χ0n) is 18.6. The molecule has 0 aliphatic heterocycles. The lowest BCUT2D eigenvalue weighted by atomic mass is 10.2. The summed E-state index contributed by atoms with van der Waals surface area (Å²) in [6.07, 6.45) is 0. The van der Waals surface area contributed by atoms with Crippen molar-refractivity contribution in [3.8, 4) is 17.0 Å². The van der Waals surface area contributed by atoms with Crippen molar-refractivity contribution in [1.82, 2.24) is 20.3 Å². The molecule has 0 spiro atoms. The summed E-state index contributed by atoms with van der Waals surface area (Å²) >= 11 is 17.5. The minimum atomic E-state index is -0.523. The third kappa shape index (κ3) is 4.94. The lowest BCUT2D eigenvalue weighted by Crippen LogP contribution is -2.34. The van der Waals surface area contributed by atoms with Gasteiger partial charge in [-0.2, -0.15) is 4.80 Å². The number of carbonyl (C=O) groups is 1. The molecule has 0 bridgehead atoms. The summed E-state index contributed by atoms with van der Waals surface area (Å²) < 4.78 is 18.9. The highest BCUT2D eigenvalue weighted by Gasteiger charge is 2.16. The molecule has 1 amide bonds. The van der Waals surface area contributed by atoms with E-state index in [2.05, 4.69) is 20.8 Å². The molecular weight excluding hydrogens is 524 g/mol. The first-order valence-corrected chi connectivity index (χ1v) is 11.7. The maximum Gasteiger partial charge on any atom is 0.293 e. The van der Waals surface area contributed by atoms with Gasteiger partial charge in [-0.25, -0.2) is 4.39 Å². The third-order valence-corrected chi connectivity index (χ3v) is 6.04. The molecule has 0 aliphatic carbocycles. The lowest BCUT2D eigenvalue weighted by Gasteiger charge is -2.11. The molecule has 36 heavy (non-hydrogen) atoms. The predicted molar refractivity (Wildman–Crippen MR) is 141 cm³/mol. The fourth-order valence-electron chi connectivity index (χ4n) is 3.50. The van der Waals surface area contributed by atoms with Gasteiger partial charge >= 0.3 is 0 Å². The first-order valence-electron chi connectivity index (χ1n) is 10.6. The number of nitrogens with one attached hydrogen (secondary N) is 2. The molecule has 5 rings (SSSR count). The van der Waals surface area contributed by atoms with E-state index in [0.717, 1.165) is 5.56 Å². The van der Waals surface area contributed by atoms with Gasteiger partial charge in [0.05, 0.1) is 10.7 Å². The van der Waals surface area contributed by atoms with Gasteiger partial charge in [0, 0.05) is 16.3 Å². The first-order chi connectivity index (χ1) is 17.3. The molecule has 2 N–H and O–H groups in total. The van der Waals surface area contributed by atoms with Crippen molar-refractivity contribution in [3.63, 3.8) is 0 Å². The number of amides is 1. The van der Waals surface area contributed by atoms with Crippen LogP contribution in [0.3, 0.4) is 0 Å². The van der Waals surface area contributed by atoms with Crippen molar-refractivity contribution in [2.75, 3.05) is 5.32 Å². The Kier molecular flexibility index (Phi) is 6.44. The molecule has 0 saturated carbocycles. The quantitative estimate of drug-likeness (QED) is 0.251. The number of benzene rings is 3. The minimum absolute atomic E-state index is 0.0644. The third-order valence-electron chi connectivity index (χ3n) is 5.29. The summed E-state index contributed by atoms with van der Waals surface area (Å²) in [6.45, 7) is 1.87. The number of hydrogen-bond acceptors (Lipinski definition) is 5. The SMILES string of the molecule is Cc1cc2nn(-c3ccc(F)cc3)nc2cc1NC(=S)NC(=O)c1ccc(-c2ccc(Cl)cc2Cl)o1. The summed E-state index contributed by atoms with van der Waals surface area (Å²) in [4.78, 5) is 14.1. The predicted octanol–water partition coefficient (Wildman–Crippen LogP) is 6.56. The topological polar surface area (TPSA) is 85.0 Å². The summed E-state index contributed by atoms with van der Waals surface area (Å²) in [5.41, 5.74) is 3.96. The largest absolute Gasteiger partial charge is 0.451 e. The molecular formula is C25H16Cl2FN5O2S. The van der Waals surface area contributed by atoms with E-state index in [1.165, 1.54) is 23.0 Å². The van der Waals surface area contributed by atoms with Crippen LogP contribution in [0.2, 0.25) is 10.0 Å². The number of furan rings is 1. The Bertz CT molecular complexity index is 1630. The molecule has 0 atom stereocenters. The smallest absolute Gasteiger partial charge is 0.293 e. The van der Waals surface area contributed by atoms with Gasteiger partial charge in [-0.15, -0.1) is 10.2 Å². The van der Waals surface area contributed by atoms with E-state index < -0.39 is 5.91 Å². The van der Waals surface area contributed by atoms with E-state index in [1.54, 1.807) is 42.5 Å². The lowest BCUT2D eigenvalue weighted by molar-refractivity contribution is 0.0951. The van der Waals surface area contributed by atoms with Crippen LogP contribution in [0.25, 0.3) is 28.0 Å². The van der Waals surface area contributed by atoms with E-state index in [0.29, 0.717) is 43.8 Å². The fourth-order valence-corrected chi connectivity index (χ4v) is 4.21. The zero-order valence-corrected chi connectivity index (χ0v) is 20.9. The molecule has 0 aliphatic rings. The van der Waals surface area contributed by atoms with E-state index in [1.807, 2.05) is 13.0 Å². The van der Waals surface area contributed by atoms with Crippen LogP contribution in [0.5, 0.6) is 0 Å². The van der Waals surface area contributed by atoms with Gasteiger partial charge in [-0.3, -0.25) is 10.1 Å². The Hall–Kier alpha value is -3.79. The maximum absolute atomic E-state index is 13.2. The van der Waals surface area contributed by atoms with Crippen molar-refractivity contribution < 1.29 is 13.6 Å². The van der Waals surface area contributed by atoms with Crippen LogP contribution in [0.1, 0.15) is 16.1 Å². The number of nitrogens with zero attached hydrogens (tertiary/aromatic N) is 3. The van der Waals surface area contributed by atoms with Crippen LogP contribution in [-0.2, 0) is 0 Å². The number of aryl methyl sites for hydroxylation is 1. The molecule has 7 nitrogen and oxygen atoms in total. The average Bonchev–Trinajstić information content (AvgIpc) is 3.47. The molecule has 0 unspecified atom stereocenters. The zero-order chi connectivity index (χ0) is 25.4. The molecule has 0 saturated heterocycles. The molecule has 2 heterocycles. The van der Waals surface area contributed by atoms with Crippen molar-refractivity contribution in [2.45, 2.75) is 6.92 Å². The van der Waals surface area contributed by atoms with Gasteiger partial charge in [0.2, 0.25) is 0 Å². The summed E-state index contributed by atoms with van der Waals surface area (Å²) in [7, 11) is 0. The van der Waals surface area contributed by atoms with Crippen LogP contribution in [0.4, 0.5) is 10.1 Å². The highest BCUT2D eigenvalue weighted by molar-refractivity contribution is 7.80. The van der Waals surface area contributed by atoms with Crippen molar-refractivity contribution in [3.05, 3.63) is 93.9 Å². The minimum Gasteiger partial charge on any atom is -0.451 e. The molecule has 2 aromatic heterocycles. The van der Waals surface area contributed by atoms with Crippen molar-refractivity contribution in [1.29, 1.82) is 0 Å². The number of hydrogen-bond donors (Lipinski definition) is 2. The van der Waals surface area contributed by atoms with Gasteiger partial charge in [0.15, 0.2) is 10.9 Å². The highest BCUT2D eigenvalue weighted by Crippen LogP contribution is 2.31. The van der Waals surface area contributed by atoms with Gasteiger partial charge in [0.1, 0.15) is 22.6 Å². The van der Waals surface area contributed by atoms with E-state index >= 15 is 0 Å². The van der Waals surface area contributed by atoms with Crippen LogP contribution in [0.15, 0.2) is 71.1 Å². The summed E-state index contributed by atoms with van der Waals surface area (Å²) in [5, 5.41) is 15.5. The fraction of sp³-hybridized carbons (Fsp3) is 0.0400. The number of rotatable bonds is 4. The van der Waals surface area contributed by atoms with Gasteiger partial charge in [-0.05, 0) is 91.4 Å². The van der Waals surface area contributed by atoms with E-state index in [4.69, 9.17) is 39.8 Å². The number of carbonyl (C=O) groups excluding carboxylic acids is 1. The molecule has 0 radical (unpaired) electrons.